The van der Waals surface area contributed by atoms with Crippen LogP contribution in [0.25, 0.3) is 0 Å². The van der Waals surface area contributed by atoms with Gasteiger partial charge in [0.15, 0.2) is 0 Å². The van der Waals surface area contributed by atoms with E-state index < -0.39 is 0 Å². The molecule has 4 heteroatoms. The number of amides is 1. The Morgan fingerprint density at radius 3 is 2.93 bits per heavy atom. The second-order valence-electron chi connectivity index (χ2n) is 2.82. The van der Waals surface area contributed by atoms with Crippen molar-refractivity contribution in [2.24, 2.45) is 5.73 Å². The van der Waals surface area contributed by atoms with Crippen LogP contribution < -0.4 is 10.6 Å². The molecule has 2 N–H and O–H groups in total. The number of benzene rings is 1. The number of carbonyl (C=O) groups excluding carboxylic acids is 1. The normalized spacial score (nSPS) is 9.21. The maximum atomic E-state index is 11.2. The zero-order valence-electron chi connectivity index (χ0n) is 7.90. The van der Waals surface area contributed by atoms with Crippen LogP contribution in [-0.4, -0.2) is 19.5 Å². The Labute approximate surface area is 82.5 Å². The third kappa shape index (κ3) is 2.09. The standard InChI is InChI=1S/C10H11N3O/c1-13(10(14)7-12)9-4-2-3-8(5-9)6-11/h2-5H,7,12H2,1H3. The van der Waals surface area contributed by atoms with Gasteiger partial charge in [0.25, 0.3) is 0 Å². The van der Waals surface area contributed by atoms with Crippen molar-refractivity contribution >= 4 is 11.6 Å². The maximum absolute atomic E-state index is 11.2. The number of nitrogens with two attached hydrogens (primary N) is 1. The summed E-state index contributed by atoms with van der Waals surface area (Å²) in [6, 6.07) is 8.83. The van der Waals surface area contributed by atoms with E-state index in [1.807, 2.05) is 6.07 Å². The molecule has 0 aliphatic rings. The second kappa shape index (κ2) is 4.40. The molecule has 4 nitrogen and oxygen atoms in total. The number of carbonyl (C=O) groups is 1. The first-order chi connectivity index (χ1) is 6.69. The molecule has 14 heavy (non-hydrogen) atoms. The van der Waals surface area contributed by atoms with Gasteiger partial charge in [0.05, 0.1) is 18.2 Å². The van der Waals surface area contributed by atoms with Crippen molar-refractivity contribution in [3.8, 4) is 6.07 Å². The molecular formula is C10H11N3O. The molecule has 1 rings (SSSR count). The van der Waals surface area contributed by atoms with Crippen molar-refractivity contribution in [3.63, 3.8) is 0 Å². The fourth-order valence-corrected chi connectivity index (χ4v) is 1.07. The Bertz CT molecular complexity index is 381. The number of anilines is 1. The molecule has 1 amide bonds. The van der Waals surface area contributed by atoms with E-state index in [0.29, 0.717) is 11.3 Å². The number of likely N-dealkylation sites (N-methyl/N-ethyl adjacent to an activating group) is 1. The summed E-state index contributed by atoms with van der Waals surface area (Å²) in [7, 11) is 1.63. The summed E-state index contributed by atoms with van der Waals surface area (Å²) < 4.78 is 0. The molecule has 0 saturated heterocycles. The third-order valence-electron chi connectivity index (χ3n) is 1.91. The van der Waals surface area contributed by atoms with Crippen LogP contribution in [0.1, 0.15) is 5.56 Å². The van der Waals surface area contributed by atoms with Crippen molar-refractivity contribution in [1.82, 2.24) is 0 Å². The van der Waals surface area contributed by atoms with Gasteiger partial charge < -0.3 is 10.6 Å². The Morgan fingerprint density at radius 1 is 1.64 bits per heavy atom. The van der Waals surface area contributed by atoms with Gasteiger partial charge in [0.1, 0.15) is 0 Å². The van der Waals surface area contributed by atoms with Crippen molar-refractivity contribution in [1.29, 1.82) is 5.26 Å². The van der Waals surface area contributed by atoms with E-state index in [2.05, 4.69) is 0 Å². The lowest BCUT2D eigenvalue weighted by molar-refractivity contribution is -0.117. The Balaban J connectivity index is 2.96. The van der Waals surface area contributed by atoms with Crippen molar-refractivity contribution in [2.45, 2.75) is 0 Å². The molecule has 0 spiro atoms. The molecule has 1 aromatic rings. The molecule has 0 bridgehead atoms. The second-order valence-corrected chi connectivity index (χ2v) is 2.82. The van der Waals surface area contributed by atoms with E-state index in [1.165, 1.54) is 4.90 Å². The molecular weight excluding hydrogens is 178 g/mol. The van der Waals surface area contributed by atoms with Crippen molar-refractivity contribution in [3.05, 3.63) is 29.8 Å². The molecule has 0 aromatic heterocycles. The Kier molecular flexibility index (Phi) is 3.21. The van der Waals surface area contributed by atoms with Gasteiger partial charge in [0, 0.05) is 12.7 Å². The number of rotatable bonds is 2. The molecule has 0 aliphatic heterocycles. The minimum Gasteiger partial charge on any atom is -0.322 e. The van der Waals surface area contributed by atoms with Crippen molar-refractivity contribution < 1.29 is 4.79 Å². The first-order valence-corrected chi connectivity index (χ1v) is 4.16. The highest BCUT2D eigenvalue weighted by Crippen LogP contribution is 2.13. The Morgan fingerprint density at radius 2 is 2.36 bits per heavy atom. The fourth-order valence-electron chi connectivity index (χ4n) is 1.07. The van der Waals surface area contributed by atoms with Crippen LogP contribution >= 0.6 is 0 Å². The largest absolute Gasteiger partial charge is 0.322 e. The number of hydrogen-bond acceptors (Lipinski definition) is 3. The van der Waals surface area contributed by atoms with Crippen molar-refractivity contribution in [2.75, 3.05) is 18.5 Å². The fraction of sp³-hybridized carbons (Fsp3) is 0.200. The first kappa shape index (κ1) is 10.2. The highest BCUT2D eigenvalue weighted by Gasteiger charge is 2.08. The van der Waals surface area contributed by atoms with E-state index in [4.69, 9.17) is 11.0 Å². The summed E-state index contributed by atoms with van der Waals surface area (Å²) in [4.78, 5) is 12.7. The van der Waals surface area contributed by atoms with Crippen LogP contribution in [0.5, 0.6) is 0 Å². The zero-order valence-corrected chi connectivity index (χ0v) is 7.90. The molecule has 0 atom stereocenters. The summed E-state index contributed by atoms with van der Waals surface area (Å²) in [6.07, 6.45) is 0. The van der Waals surface area contributed by atoms with Crippen LogP contribution in [-0.2, 0) is 4.79 Å². The highest BCUT2D eigenvalue weighted by molar-refractivity contribution is 5.94. The summed E-state index contributed by atoms with van der Waals surface area (Å²) in [5.41, 5.74) is 6.43. The van der Waals surface area contributed by atoms with Gasteiger partial charge in [-0.25, -0.2) is 0 Å². The van der Waals surface area contributed by atoms with E-state index in [1.54, 1.807) is 31.3 Å². The lowest BCUT2D eigenvalue weighted by Crippen LogP contribution is -2.32. The maximum Gasteiger partial charge on any atom is 0.240 e. The van der Waals surface area contributed by atoms with Gasteiger partial charge in [0.2, 0.25) is 5.91 Å². The van der Waals surface area contributed by atoms with E-state index >= 15 is 0 Å². The van der Waals surface area contributed by atoms with Gasteiger partial charge >= 0.3 is 0 Å². The average molecular weight is 189 g/mol. The summed E-state index contributed by atoms with van der Waals surface area (Å²) in [6.45, 7) is -0.0344. The van der Waals surface area contributed by atoms with Crippen LogP contribution in [0.3, 0.4) is 0 Å². The molecule has 0 aliphatic carbocycles. The van der Waals surface area contributed by atoms with Crippen LogP contribution in [0.4, 0.5) is 5.69 Å². The lowest BCUT2D eigenvalue weighted by atomic mass is 10.2. The Hall–Kier alpha value is -1.86. The molecule has 0 radical (unpaired) electrons. The van der Waals surface area contributed by atoms with Gasteiger partial charge in [-0.2, -0.15) is 5.26 Å². The summed E-state index contributed by atoms with van der Waals surface area (Å²) in [5, 5.41) is 8.66. The van der Waals surface area contributed by atoms with E-state index in [0.717, 1.165) is 0 Å². The number of nitriles is 1. The van der Waals surface area contributed by atoms with Gasteiger partial charge in [-0.3, -0.25) is 4.79 Å². The van der Waals surface area contributed by atoms with Gasteiger partial charge in [-0.15, -0.1) is 0 Å². The topological polar surface area (TPSA) is 70.1 Å². The number of hydrogen-bond donors (Lipinski definition) is 1. The molecule has 0 saturated carbocycles. The smallest absolute Gasteiger partial charge is 0.240 e. The van der Waals surface area contributed by atoms with E-state index in [9.17, 15) is 4.79 Å². The predicted octanol–water partition coefficient (Wildman–Crippen LogP) is 0.480. The average Bonchev–Trinajstić information content (AvgIpc) is 2.27. The van der Waals surface area contributed by atoms with Gasteiger partial charge in [-0.05, 0) is 18.2 Å². The SMILES string of the molecule is CN(C(=O)CN)c1cccc(C#N)c1. The molecule has 0 heterocycles. The third-order valence-corrected chi connectivity index (χ3v) is 1.91. The predicted molar refractivity (Wildman–Crippen MR) is 53.6 cm³/mol. The quantitative estimate of drug-likeness (QED) is 0.735. The number of nitrogens with zero attached hydrogens (tertiary/aromatic N) is 2. The highest BCUT2D eigenvalue weighted by atomic mass is 16.2. The summed E-state index contributed by atoms with van der Waals surface area (Å²) >= 11 is 0. The van der Waals surface area contributed by atoms with Crippen LogP contribution in [0.2, 0.25) is 0 Å². The molecule has 0 unspecified atom stereocenters. The first-order valence-electron chi connectivity index (χ1n) is 4.16. The molecule has 1 aromatic carbocycles. The van der Waals surface area contributed by atoms with Gasteiger partial charge in [-0.1, -0.05) is 6.07 Å². The van der Waals surface area contributed by atoms with E-state index in [-0.39, 0.29) is 12.5 Å². The summed E-state index contributed by atoms with van der Waals surface area (Å²) in [5.74, 6) is -0.180. The lowest BCUT2D eigenvalue weighted by Gasteiger charge is -2.16. The zero-order chi connectivity index (χ0) is 10.6. The van der Waals surface area contributed by atoms with Crippen LogP contribution in [0.15, 0.2) is 24.3 Å². The monoisotopic (exact) mass is 189 g/mol. The molecule has 72 valence electrons. The van der Waals surface area contributed by atoms with Crippen LogP contribution in [0, 0.1) is 11.3 Å². The molecule has 0 fully saturated rings. The minimum atomic E-state index is -0.180. The minimum absolute atomic E-state index is 0.0344.